The smallest absolute Gasteiger partial charge is 0.295 e. The van der Waals surface area contributed by atoms with Crippen LogP contribution in [0.3, 0.4) is 0 Å². The van der Waals surface area contributed by atoms with Gasteiger partial charge in [0, 0.05) is 15.1 Å². The molecule has 3 aromatic carbocycles. The molecule has 156 valence electrons. The molecule has 0 aliphatic rings. The molecule has 0 saturated heterocycles. The Morgan fingerprint density at radius 2 is 1.74 bits per heavy atom. The first-order chi connectivity index (χ1) is 14.8. The van der Waals surface area contributed by atoms with Gasteiger partial charge in [0.15, 0.2) is 5.82 Å². The number of carbonyl (C=O) groups excluding carboxylic acids is 1. The van der Waals surface area contributed by atoms with E-state index in [0.29, 0.717) is 21.6 Å². The van der Waals surface area contributed by atoms with E-state index in [1.165, 1.54) is 0 Å². The number of hydrogen-bond donors (Lipinski definition) is 1. The molecule has 1 amide bonds. The fourth-order valence-electron chi connectivity index (χ4n) is 3.08. The normalized spacial score (nSPS) is 10.9. The molecule has 1 aromatic heterocycles. The number of amides is 1. The number of nitrogens with one attached hydrogen (secondary N) is 1. The van der Waals surface area contributed by atoms with Crippen molar-refractivity contribution in [2.24, 2.45) is 0 Å². The zero-order chi connectivity index (χ0) is 22.1. The van der Waals surface area contributed by atoms with Crippen LogP contribution in [-0.4, -0.2) is 20.7 Å². The molecular formula is C23H17BrCl2N4O. The van der Waals surface area contributed by atoms with Crippen LogP contribution in [0.2, 0.25) is 10.0 Å². The number of aryl methyl sites for hydroxylation is 2. The molecule has 1 heterocycles. The molecule has 8 heteroatoms. The summed E-state index contributed by atoms with van der Waals surface area (Å²) >= 11 is 15.6. The molecule has 1 N–H and O–H groups in total. The number of rotatable bonds is 4. The monoisotopic (exact) mass is 514 g/mol. The number of anilines is 1. The van der Waals surface area contributed by atoms with Gasteiger partial charge >= 0.3 is 0 Å². The predicted molar refractivity (Wildman–Crippen MR) is 128 cm³/mol. The van der Waals surface area contributed by atoms with Gasteiger partial charge in [-0.3, -0.25) is 4.79 Å². The van der Waals surface area contributed by atoms with Gasteiger partial charge in [-0.25, -0.2) is 9.67 Å². The van der Waals surface area contributed by atoms with Crippen LogP contribution in [0.25, 0.3) is 17.1 Å². The van der Waals surface area contributed by atoms with Gasteiger partial charge in [0.1, 0.15) is 0 Å². The largest absolute Gasteiger partial charge is 0.318 e. The van der Waals surface area contributed by atoms with Crippen LogP contribution < -0.4 is 5.32 Å². The Balaban J connectivity index is 1.80. The third kappa shape index (κ3) is 4.66. The maximum absolute atomic E-state index is 12.9. The van der Waals surface area contributed by atoms with E-state index in [2.05, 4.69) is 31.3 Å². The van der Waals surface area contributed by atoms with Gasteiger partial charge in [-0.1, -0.05) is 63.4 Å². The van der Waals surface area contributed by atoms with Crippen LogP contribution in [0.1, 0.15) is 21.7 Å². The molecule has 0 fully saturated rings. The Hall–Kier alpha value is -2.67. The molecule has 0 aliphatic carbocycles. The first-order valence-electron chi connectivity index (χ1n) is 9.39. The van der Waals surface area contributed by atoms with E-state index >= 15 is 0 Å². The predicted octanol–water partition coefficient (Wildman–Crippen LogP) is 6.87. The molecule has 0 bridgehead atoms. The quantitative estimate of drug-likeness (QED) is 0.322. The van der Waals surface area contributed by atoms with Gasteiger partial charge < -0.3 is 5.32 Å². The summed E-state index contributed by atoms with van der Waals surface area (Å²) in [6.45, 7) is 4.00. The van der Waals surface area contributed by atoms with Crippen LogP contribution in [0, 0.1) is 13.8 Å². The van der Waals surface area contributed by atoms with E-state index in [0.717, 1.165) is 26.9 Å². The number of benzene rings is 3. The lowest BCUT2D eigenvalue weighted by atomic mass is 10.1. The van der Waals surface area contributed by atoms with Crippen molar-refractivity contribution >= 4 is 50.7 Å². The van der Waals surface area contributed by atoms with Gasteiger partial charge in [-0.05, 0) is 61.4 Å². The summed E-state index contributed by atoms with van der Waals surface area (Å²) in [5.41, 5.74) is 4.22. The highest BCUT2D eigenvalue weighted by Crippen LogP contribution is 2.28. The minimum atomic E-state index is -0.466. The topological polar surface area (TPSA) is 59.8 Å². The molecule has 31 heavy (non-hydrogen) atoms. The molecule has 0 radical (unpaired) electrons. The molecule has 4 aromatic rings. The van der Waals surface area contributed by atoms with E-state index in [4.69, 9.17) is 23.2 Å². The van der Waals surface area contributed by atoms with Crippen LogP contribution in [0.4, 0.5) is 5.69 Å². The van der Waals surface area contributed by atoms with Crippen molar-refractivity contribution in [2.75, 3.05) is 5.32 Å². The SMILES string of the molecule is Cc1ccc(C)c(-n2nc(C(=O)Nc3ccc(Cl)cc3Cl)nc2-c2ccc(Br)cc2)c1. The standard InChI is InChI=1S/C23H17BrCl2N4O/c1-13-3-4-14(2)20(11-13)30-22(15-5-7-16(24)8-6-15)28-21(29-30)23(31)27-19-10-9-17(25)12-18(19)26/h3-12H,1-2H3,(H,27,31). The Labute approximate surface area is 198 Å². The Morgan fingerprint density at radius 1 is 1.00 bits per heavy atom. The van der Waals surface area contributed by atoms with E-state index in [-0.39, 0.29) is 5.82 Å². The molecular weight excluding hydrogens is 499 g/mol. The van der Waals surface area contributed by atoms with Crippen molar-refractivity contribution in [3.05, 3.63) is 92.1 Å². The first kappa shape index (κ1) is 21.6. The summed E-state index contributed by atoms with van der Waals surface area (Å²) in [5.74, 6) is 0.130. The van der Waals surface area contributed by atoms with E-state index in [1.54, 1.807) is 22.9 Å². The van der Waals surface area contributed by atoms with E-state index < -0.39 is 5.91 Å². The summed E-state index contributed by atoms with van der Waals surface area (Å²) in [4.78, 5) is 17.5. The van der Waals surface area contributed by atoms with E-state index in [9.17, 15) is 4.79 Å². The lowest BCUT2D eigenvalue weighted by molar-refractivity contribution is 0.101. The lowest BCUT2D eigenvalue weighted by Crippen LogP contribution is -2.14. The Kier molecular flexibility index (Phi) is 6.14. The van der Waals surface area contributed by atoms with Crippen molar-refractivity contribution in [3.63, 3.8) is 0 Å². The van der Waals surface area contributed by atoms with Gasteiger partial charge in [-0.2, -0.15) is 0 Å². The van der Waals surface area contributed by atoms with Crippen molar-refractivity contribution in [1.82, 2.24) is 14.8 Å². The average Bonchev–Trinajstić information content (AvgIpc) is 3.18. The zero-order valence-electron chi connectivity index (χ0n) is 16.7. The van der Waals surface area contributed by atoms with Crippen molar-refractivity contribution in [1.29, 1.82) is 0 Å². The fraction of sp³-hybridized carbons (Fsp3) is 0.0870. The highest BCUT2D eigenvalue weighted by Gasteiger charge is 2.20. The van der Waals surface area contributed by atoms with Gasteiger partial charge in [0.05, 0.1) is 16.4 Å². The Bertz CT molecular complexity index is 1290. The van der Waals surface area contributed by atoms with Crippen LogP contribution in [-0.2, 0) is 0 Å². The first-order valence-corrected chi connectivity index (χ1v) is 10.9. The summed E-state index contributed by atoms with van der Waals surface area (Å²) in [5, 5.41) is 8.11. The minimum Gasteiger partial charge on any atom is -0.318 e. The van der Waals surface area contributed by atoms with Crippen molar-refractivity contribution in [3.8, 4) is 17.1 Å². The third-order valence-corrected chi connectivity index (χ3v) is 5.76. The summed E-state index contributed by atoms with van der Waals surface area (Å²) < 4.78 is 2.65. The summed E-state index contributed by atoms with van der Waals surface area (Å²) in [6.07, 6.45) is 0. The lowest BCUT2D eigenvalue weighted by Gasteiger charge is -2.10. The highest BCUT2D eigenvalue weighted by molar-refractivity contribution is 9.10. The van der Waals surface area contributed by atoms with Gasteiger partial charge in [0.2, 0.25) is 5.82 Å². The van der Waals surface area contributed by atoms with Gasteiger partial charge in [-0.15, -0.1) is 5.10 Å². The molecule has 0 saturated carbocycles. The van der Waals surface area contributed by atoms with Crippen molar-refractivity contribution < 1.29 is 4.79 Å². The van der Waals surface area contributed by atoms with Crippen molar-refractivity contribution in [2.45, 2.75) is 13.8 Å². The number of aromatic nitrogens is 3. The van der Waals surface area contributed by atoms with Crippen LogP contribution >= 0.6 is 39.1 Å². The maximum atomic E-state index is 12.9. The second-order valence-electron chi connectivity index (χ2n) is 7.05. The number of carbonyl (C=O) groups is 1. The number of nitrogens with zero attached hydrogens (tertiary/aromatic N) is 3. The maximum Gasteiger partial charge on any atom is 0.295 e. The molecule has 0 atom stereocenters. The molecule has 0 unspecified atom stereocenters. The number of hydrogen-bond acceptors (Lipinski definition) is 3. The van der Waals surface area contributed by atoms with Crippen LogP contribution in [0.15, 0.2) is 65.1 Å². The average molecular weight is 516 g/mol. The van der Waals surface area contributed by atoms with Crippen LogP contribution in [0.5, 0.6) is 0 Å². The fourth-order valence-corrected chi connectivity index (χ4v) is 3.80. The number of halogens is 3. The summed E-state index contributed by atoms with van der Waals surface area (Å²) in [7, 11) is 0. The molecule has 0 spiro atoms. The molecule has 0 aliphatic heterocycles. The Morgan fingerprint density at radius 3 is 2.45 bits per heavy atom. The third-order valence-electron chi connectivity index (χ3n) is 4.68. The zero-order valence-corrected chi connectivity index (χ0v) is 19.8. The minimum absolute atomic E-state index is 0.0323. The molecule has 4 rings (SSSR count). The van der Waals surface area contributed by atoms with Gasteiger partial charge in [0.25, 0.3) is 5.91 Å². The molecule has 5 nitrogen and oxygen atoms in total. The highest BCUT2D eigenvalue weighted by atomic mass is 79.9. The second kappa shape index (κ2) is 8.83. The second-order valence-corrected chi connectivity index (χ2v) is 8.81. The summed E-state index contributed by atoms with van der Waals surface area (Å²) in [6, 6.07) is 18.6. The van der Waals surface area contributed by atoms with E-state index in [1.807, 2.05) is 56.3 Å².